The van der Waals surface area contributed by atoms with E-state index in [1.807, 2.05) is 24.3 Å². The van der Waals surface area contributed by atoms with E-state index in [4.69, 9.17) is 5.73 Å². The Bertz CT molecular complexity index is 530. The normalized spacial score (nSPS) is 20.8. The standard InChI is InChI=1S/C15H20N4O2/c1-19(10-11-5-4-8-17-9-11)15(21)18-13-7-3-2-6-12(13)14(16)20/h2-5,8-9,12-13H,6-7,10H2,1H3,(H2,16,20)(H,18,21)/t12-,13-/m1/s1. The first kappa shape index (κ1) is 15.0. The molecular formula is C15H20N4O2. The maximum absolute atomic E-state index is 12.2. The summed E-state index contributed by atoms with van der Waals surface area (Å²) in [7, 11) is 1.71. The van der Waals surface area contributed by atoms with Gasteiger partial charge in [0, 0.05) is 32.0 Å². The number of pyridine rings is 1. The Morgan fingerprint density at radius 1 is 1.43 bits per heavy atom. The van der Waals surface area contributed by atoms with Crippen LogP contribution in [-0.4, -0.2) is 34.9 Å². The second kappa shape index (κ2) is 6.88. The topological polar surface area (TPSA) is 88.3 Å². The first-order chi connectivity index (χ1) is 10.1. The Morgan fingerprint density at radius 3 is 2.86 bits per heavy atom. The zero-order valence-electron chi connectivity index (χ0n) is 12.0. The van der Waals surface area contributed by atoms with Crippen molar-refractivity contribution in [2.24, 2.45) is 11.7 Å². The number of nitrogens with two attached hydrogens (primary N) is 1. The third-order valence-electron chi connectivity index (χ3n) is 3.60. The number of aromatic nitrogens is 1. The van der Waals surface area contributed by atoms with Gasteiger partial charge in [0.25, 0.3) is 0 Å². The molecule has 0 bridgehead atoms. The van der Waals surface area contributed by atoms with E-state index in [0.29, 0.717) is 19.4 Å². The molecule has 3 N–H and O–H groups in total. The summed E-state index contributed by atoms with van der Waals surface area (Å²) in [5.74, 6) is -0.717. The van der Waals surface area contributed by atoms with E-state index in [1.54, 1.807) is 24.3 Å². The quantitative estimate of drug-likeness (QED) is 0.811. The number of rotatable bonds is 4. The average Bonchev–Trinajstić information content (AvgIpc) is 2.48. The van der Waals surface area contributed by atoms with Crippen LogP contribution < -0.4 is 11.1 Å². The predicted molar refractivity (Wildman–Crippen MR) is 79.1 cm³/mol. The molecule has 0 saturated carbocycles. The van der Waals surface area contributed by atoms with Crippen LogP contribution in [0.2, 0.25) is 0 Å². The molecule has 3 amide bonds. The fraction of sp³-hybridized carbons (Fsp3) is 0.400. The lowest BCUT2D eigenvalue weighted by Gasteiger charge is -2.29. The number of carbonyl (C=O) groups is 2. The lowest BCUT2D eigenvalue weighted by Crippen LogP contribution is -2.49. The molecule has 6 nitrogen and oxygen atoms in total. The van der Waals surface area contributed by atoms with Crippen LogP contribution in [0.15, 0.2) is 36.7 Å². The molecule has 2 rings (SSSR count). The summed E-state index contributed by atoms with van der Waals surface area (Å²) >= 11 is 0. The summed E-state index contributed by atoms with van der Waals surface area (Å²) in [4.78, 5) is 29.2. The molecule has 21 heavy (non-hydrogen) atoms. The Labute approximate surface area is 124 Å². The molecule has 0 spiro atoms. The average molecular weight is 288 g/mol. The van der Waals surface area contributed by atoms with Crippen molar-refractivity contribution in [2.75, 3.05) is 7.05 Å². The zero-order chi connectivity index (χ0) is 15.2. The van der Waals surface area contributed by atoms with Gasteiger partial charge in [-0.2, -0.15) is 0 Å². The van der Waals surface area contributed by atoms with Crippen LogP contribution in [0.1, 0.15) is 18.4 Å². The van der Waals surface area contributed by atoms with Gasteiger partial charge >= 0.3 is 6.03 Å². The highest BCUT2D eigenvalue weighted by molar-refractivity contribution is 5.80. The van der Waals surface area contributed by atoms with Crippen molar-refractivity contribution >= 4 is 11.9 Å². The van der Waals surface area contributed by atoms with Crippen LogP contribution in [0.25, 0.3) is 0 Å². The van der Waals surface area contributed by atoms with Crippen LogP contribution in [0.5, 0.6) is 0 Å². The van der Waals surface area contributed by atoms with Crippen LogP contribution in [0, 0.1) is 5.92 Å². The second-order valence-corrected chi connectivity index (χ2v) is 5.22. The van der Waals surface area contributed by atoms with E-state index < -0.39 is 0 Å². The monoisotopic (exact) mass is 288 g/mol. The third-order valence-corrected chi connectivity index (χ3v) is 3.60. The maximum atomic E-state index is 12.2. The zero-order valence-corrected chi connectivity index (χ0v) is 12.0. The van der Waals surface area contributed by atoms with Gasteiger partial charge in [0.2, 0.25) is 5.91 Å². The summed E-state index contributed by atoms with van der Waals surface area (Å²) in [6.45, 7) is 0.462. The van der Waals surface area contributed by atoms with Crippen LogP contribution in [0.3, 0.4) is 0 Å². The Balaban J connectivity index is 1.93. The molecule has 0 radical (unpaired) electrons. The first-order valence-corrected chi connectivity index (χ1v) is 6.92. The summed E-state index contributed by atoms with van der Waals surface area (Å²) < 4.78 is 0. The van der Waals surface area contributed by atoms with Gasteiger partial charge < -0.3 is 16.0 Å². The summed E-state index contributed by atoms with van der Waals surface area (Å²) in [6.07, 6.45) is 8.50. The number of hydrogen-bond donors (Lipinski definition) is 2. The number of primary amides is 1. The van der Waals surface area contributed by atoms with Crippen LogP contribution in [-0.2, 0) is 11.3 Å². The van der Waals surface area contributed by atoms with Crippen molar-refractivity contribution in [2.45, 2.75) is 25.4 Å². The number of amides is 3. The van der Waals surface area contributed by atoms with Crippen LogP contribution in [0.4, 0.5) is 4.79 Å². The number of carbonyl (C=O) groups excluding carboxylic acids is 2. The van der Waals surface area contributed by atoms with E-state index in [9.17, 15) is 9.59 Å². The number of allylic oxidation sites excluding steroid dienone is 1. The molecule has 6 heteroatoms. The molecule has 0 aliphatic heterocycles. The van der Waals surface area contributed by atoms with Gasteiger partial charge in [0.15, 0.2) is 0 Å². The third kappa shape index (κ3) is 4.05. The van der Waals surface area contributed by atoms with Gasteiger partial charge in [-0.3, -0.25) is 9.78 Å². The smallest absolute Gasteiger partial charge is 0.317 e. The molecule has 1 heterocycles. The Hall–Kier alpha value is -2.37. The number of nitrogens with zero attached hydrogens (tertiary/aromatic N) is 2. The van der Waals surface area contributed by atoms with E-state index in [-0.39, 0.29) is 23.9 Å². The number of urea groups is 1. The lowest BCUT2D eigenvalue weighted by atomic mass is 9.88. The predicted octanol–water partition coefficient (Wildman–Crippen LogP) is 1.04. The minimum atomic E-state index is -0.375. The van der Waals surface area contributed by atoms with Gasteiger partial charge in [-0.05, 0) is 24.5 Å². The Kier molecular flexibility index (Phi) is 4.92. The summed E-state index contributed by atoms with van der Waals surface area (Å²) in [5, 5.41) is 2.88. The van der Waals surface area contributed by atoms with Crippen molar-refractivity contribution in [1.29, 1.82) is 0 Å². The van der Waals surface area contributed by atoms with Gasteiger partial charge in [-0.15, -0.1) is 0 Å². The van der Waals surface area contributed by atoms with E-state index >= 15 is 0 Å². The SMILES string of the molecule is CN(Cc1cccnc1)C(=O)N[C@@H]1CC=CC[C@H]1C(N)=O. The van der Waals surface area contributed by atoms with Gasteiger partial charge in [0.05, 0.1) is 5.92 Å². The Morgan fingerprint density at radius 2 is 2.19 bits per heavy atom. The molecule has 0 fully saturated rings. The summed E-state index contributed by atoms with van der Waals surface area (Å²) in [6, 6.07) is 3.28. The van der Waals surface area contributed by atoms with Gasteiger partial charge in [-0.25, -0.2) is 4.79 Å². The molecule has 112 valence electrons. The van der Waals surface area contributed by atoms with Crippen LogP contribution >= 0.6 is 0 Å². The molecule has 0 saturated heterocycles. The van der Waals surface area contributed by atoms with Crippen molar-refractivity contribution in [1.82, 2.24) is 15.2 Å². The van der Waals surface area contributed by atoms with Gasteiger partial charge in [-0.1, -0.05) is 18.2 Å². The lowest BCUT2D eigenvalue weighted by molar-refractivity contribution is -0.122. The van der Waals surface area contributed by atoms with Crippen molar-refractivity contribution < 1.29 is 9.59 Å². The van der Waals surface area contributed by atoms with Gasteiger partial charge in [0.1, 0.15) is 0 Å². The minimum Gasteiger partial charge on any atom is -0.369 e. The van der Waals surface area contributed by atoms with Crippen molar-refractivity contribution in [3.63, 3.8) is 0 Å². The first-order valence-electron chi connectivity index (χ1n) is 6.92. The fourth-order valence-corrected chi connectivity index (χ4v) is 2.39. The van der Waals surface area contributed by atoms with E-state index in [1.165, 1.54) is 0 Å². The second-order valence-electron chi connectivity index (χ2n) is 5.22. The maximum Gasteiger partial charge on any atom is 0.317 e. The number of hydrogen-bond acceptors (Lipinski definition) is 3. The molecule has 0 unspecified atom stereocenters. The molecule has 1 aliphatic carbocycles. The van der Waals surface area contributed by atoms with E-state index in [2.05, 4.69) is 10.3 Å². The molecule has 1 aromatic rings. The molecule has 1 aromatic heterocycles. The summed E-state index contributed by atoms with van der Waals surface area (Å²) in [5.41, 5.74) is 6.34. The highest BCUT2D eigenvalue weighted by atomic mass is 16.2. The van der Waals surface area contributed by atoms with Crippen molar-refractivity contribution in [3.8, 4) is 0 Å². The van der Waals surface area contributed by atoms with Crippen molar-refractivity contribution in [3.05, 3.63) is 42.2 Å². The highest BCUT2D eigenvalue weighted by Gasteiger charge is 2.29. The fourth-order valence-electron chi connectivity index (χ4n) is 2.39. The molecule has 2 atom stereocenters. The minimum absolute atomic E-state index is 0.217. The van der Waals surface area contributed by atoms with E-state index in [0.717, 1.165) is 5.56 Å². The molecule has 1 aliphatic rings. The highest BCUT2D eigenvalue weighted by Crippen LogP contribution is 2.19. The molecular weight excluding hydrogens is 268 g/mol. The largest absolute Gasteiger partial charge is 0.369 e. The number of nitrogens with one attached hydrogen (secondary N) is 1. The molecule has 0 aromatic carbocycles.